The highest BCUT2D eigenvalue weighted by atomic mass is 79.9. The maximum atomic E-state index is 11.5. The van der Waals surface area contributed by atoms with Crippen molar-refractivity contribution in [1.29, 1.82) is 0 Å². The minimum absolute atomic E-state index is 0.576. The summed E-state index contributed by atoms with van der Waals surface area (Å²) in [5.74, 6) is -0.681. The van der Waals surface area contributed by atoms with E-state index in [0.29, 0.717) is 13.0 Å². The summed E-state index contributed by atoms with van der Waals surface area (Å²) >= 11 is 5.08. The number of aliphatic carboxylic acids is 1. The van der Waals surface area contributed by atoms with Crippen LogP contribution >= 0.6 is 27.3 Å². The number of carboxylic acid groups (broad SMARTS) is 1. The second-order valence-corrected chi connectivity index (χ2v) is 6.09. The molecule has 0 spiro atoms. The number of halogens is 1. The number of carboxylic acids is 1. The topological polar surface area (TPSA) is 49.3 Å². The molecule has 0 aromatic carbocycles. The molecule has 5 heteroatoms. The van der Waals surface area contributed by atoms with Crippen LogP contribution in [0.4, 0.5) is 0 Å². The summed E-state index contributed by atoms with van der Waals surface area (Å²) in [6.07, 6.45) is 2.32. The maximum Gasteiger partial charge on any atom is 0.311 e. The van der Waals surface area contributed by atoms with Gasteiger partial charge in [0.15, 0.2) is 0 Å². The molecule has 1 atom stereocenters. The van der Waals surface area contributed by atoms with E-state index in [0.717, 1.165) is 28.7 Å². The van der Waals surface area contributed by atoms with E-state index in [1.54, 1.807) is 11.3 Å². The fourth-order valence-electron chi connectivity index (χ4n) is 2.14. The first-order valence-corrected chi connectivity index (χ1v) is 6.97. The first-order valence-electron chi connectivity index (χ1n) is 5.30. The van der Waals surface area contributed by atoms with Crippen LogP contribution in [0.15, 0.2) is 15.9 Å². The van der Waals surface area contributed by atoms with E-state index in [1.165, 1.54) is 0 Å². The lowest BCUT2D eigenvalue weighted by atomic mass is 9.77. The normalized spacial score (nSPS) is 25.6. The molecule has 0 saturated carbocycles. The Bertz CT molecular complexity index is 385. The summed E-state index contributed by atoms with van der Waals surface area (Å²) in [6.45, 7) is 1.51. The van der Waals surface area contributed by atoms with Crippen LogP contribution < -0.4 is 5.32 Å². The number of hydrogen-bond acceptors (Lipinski definition) is 3. The van der Waals surface area contributed by atoms with Crippen molar-refractivity contribution in [3.8, 4) is 0 Å². The van der Waals surface area contributed by atoms with E-state index in [4.69, 9.17) is 0 Å². The molecule has 1 saturated heterocycles. The number of piperidine rings is 1. The van der Waals surface area contributed by atoms with Crippen LogP contribution in [0.25, 0.3) is 0 Å². The first kappa shape index (κ1) is 12.1. The quantitative estimate of drug-likeness (QED) is 0.902. The molecule has 1 aromatic heterocycles. The predicted molar refractivity (Wildman–Crippen MR) is 67.9 cm³/mol. The van der Waals surface area contributed by atoms with E-state index in [-0.39, 0.29) is 0 Å². The summed E-state index contributed by atoms with van der Waals surface area (Å²) in [6, 6.07) is 1.98. The predicted octanol–water partition coefficient (Wildman–Crippen LogP) is 2.51. The Balaban J connectivity index is 2.20. The number of thiophene rings is 1. The SMILES string of the molecule is O=C(O)C1(Cc2sccc2Br)CCCNC1. The van der Waals surface area contributed by atoms with Crippen molar-refractivity contribution < 1.29 is 9.90 Å². The monoisotopic (exact) mass is 303 g/mol. The van der Waals surface area contributed by atoms with Gasteiger partial charge in [0, 0.05) is 22.3 Å². The molecule has 0 amide bonds. The Hall–Kier alpha value is -0.390. The zero-order valence-corrected chi connectivity index (χ0v) is 11.2. The standard InChI is InChI=1S/C11H14BrNO2S/c12-8-2-5-16-9(8)6-11(10(14)15)3-1-4-13-7-11/h2,5,13H,1,3-4,6-7H2,(H,14,15). The molecule has 1 aromatic rings. The second kappa shape index (κ2) is 4.85. The lowest BCUT2D eigenvalue weighted by Crippen LogP contribution is -2.46. The third kappa shape index (κ3) is 2.31. The van der Waals surface area contributed by atoms with Gasteiger partial charge >= 0.3 is 5.97 Å². The molecule has 2 N–H and O–H groups in total. The van der Waals surface area contributed by atoms with Crippen molar-refractivity contribution in [2.24, 2.45) is 5.41 Å². The fourth-order valence-corrected chi connectivity index (χ4v) is 3.77. The Labute approximate surface area is 107 Å². The molecule has 0 aliphatic carbocycles. The van der Waals surface area contributed by atoms with Crippen molar-refractivity contribution in [3.63, 3.8) is 0 Å². The van der Waals surface area contributed by atoms with Crippen LogP contribution in [0.3, 0.4) is 0 Å². The van der Waals surface area contributed by atoms with Gasteiger partial charge in [0.2, 0.25) is 0 Å². The van der Waals surface area contributed by atoms with Gasteiger partial charge in [-0.15, -0.1) is 11.3 Å². The molecule has 0 radical (unpaired) electrons. The molecule has 3 nitrogen and oxygen atoms in total. The van der Waals surface area contributed by atoms with E-state index >= 15 is 0 Å². The van der Waals surface area contributed by atoms with Crippen molar-refractivity contribution in [2.45, 2.75) is 19.3 Å². The summed E-state index contributed by atoms with van der Waals surface area (Å²) in [7, 11) is 0. The summed E-state index contributed by atoms with van der Waals surface area (Å²) < 4.78 is 1.03. The van der Waals surface area contributed by atoms with Gasteiger partial charge in [0.25, 0.3) is 0 Å². The van der Waals surface area contributed by atoms with Crippen LogP contribution in [0.5, 0.6) is 0 Å². The minimum Gasteiger partial charge on any atom is -0.481 e. The van der Waals surface area contributed by atoms with E-state index in [1.807, 2.05) is 11.4 Å². The van der Waals surface area contributed by atoms with E-state index in [2.05, 4.69) is 21.2 Å². The number of rotatable bonds is 3. The van der Waals surface area contributed by atoms with Crippen LogP contribution in [0.1, 0.15) is 17.7 Å². The molecule has 16 heavy (non-hydrogen) atoms. The van der Waals surface area contributed by atoms with Gasteiger partial charge in [-0.05, 0) is 46.8 Å². The first-order chi connectivity index (χ1) is 7.64. The zero-order valence-electron chi connectivity index (χ0n) is 8.83. The fraction of sp³-hybridized carbons (Fsp3) is 0.545. The zero-order chi connectivity index (χ0) is 11.6. The number of hydrogen-bond donors (Lipinski definition) is 2. The minimum atomic E-state index is -0.681. The van der Waals surface area contributed by atoms with Crippen LogP contribution in [0, 0.1) is 5.41 Å². The molecule has 2 heterocycles. The maximum absolute atomic E-state index is 11.5. The third-order valence-corrected chi connectivity index (χ3v) is 5.04. The Morgan fingerprint density at radius 1 is 1.69 bits per heavy atom. The molecular weight excluding hydrogens is 290 g/mol. The van der Waals surface area contributed by atoms with Crippen molar-refractivity contribution >= 4 is 33.2 Å². The van der Waals surface area contributed by atoms with E-state index in [9.17, 15) is 9.90 Å². The van der Waals surface area contributed by atoms with Gasteiger partial charge in [-0.1, -0.05) is 0 Å². The van der Waals surface area contributed by atoms with Crippen molar-refractivity contribution in [3.05, 3.63) is 20.8 Å². The molecule has 1 unspecified atom stereocenters. The second-order valence-electron chi connectivity index (χ2n) is 4.23. The lowest BCUT2D eigenvalue weighted by molar-refractivity contribution is -0.150. The number of carbonyl (C=O) groups is 1. The summed E-state index contributed by atoms with van der Waals surface area (Å²) in [4.78, 5) is 12.6. The highest BCUT2D eigenvalue weighted by Gasteiger charge is 2.40. The van der Waals surface area contributed by atoms with Crippen molar-refractivity contribution in [1.82, 2.24) is 5.32 Å². The van der Waals surface area contributed by atoms with Gasteiger partial charge in [0.05, 0.1) is 5.41 Å². The van der Waals surface area contributed by atoms with Gasteiger partial charge in [-0.2, -0.15) is 0 Å². The van der Waals surface area contributed by atoms with E-state index < -0.39 is 11.4 Å². The van der Waals surface area contributed by atoms with Crippen LogP contribution in [-0.2, 0) is 11.2 Å². The van der Waals surface area contributed by atoms with Crippen LogP contribution in [-0.4, -0.2) is 24.2 Å². The Morgan fingerprint density at radius 2 is 2.50 bits per heavy atom. The molecule has 88 valence electrons. The molecule has 1 aliphatic heterocycles. The van der Waals surface area contributed by atoms with Gasteiger partial charge in [-0.25, -0.2) is 0 Å². The average Bonchev–Trinajstić information content (AvgIpc) is 2.65. The molecule has 1 aliphatic rings. The number of nitrogens with one attached hydrogen (secondary N) is 1. The van der Waals surface area contributed by atoms with Gasteiger partial charge in [-0.3, -0.25) is 4.79 Å². The van der Waals surface area contributed by atoms with Crippen LogP contribution in [0.2, 0.25) is 0 Å². The molecule has 2 rings (SSSR count). The third-order valence-electron chi connectivity index (χ3n) is 3.12. The molecular formula is C11H14BrNO2S. The van der Waals surface area contributed by atoms with Gasteiger partial charge in [0.1, 0.15) is 0 Å². The largest absolute Gasteiger partial charge is 0.481 e. The van der Waals surface area contributed by atoms with Gasteiger partial charge < -0.3 is 10.4 Å². The Morgan fingerprint density at radius 3 is 3.00 bits per heavy atom. The van der Waals surface area contributed by atoms with Crippen molar-refractivity contribution in [2.75, 3.05) is 13.1 Å². The molecule has 1 fully saturated rings. The Kier molecular flexibility index (Phi) is 3.66. The molecule has 0 bridgehead atoms. The average molecular weight is 304 g/mol. The lowest BCUT2D eigenvalue weighted by Gasteiger charge is -2.33. The highest BCUT2D eigenvalue weighted by Crippen LogP contribution is 2.35. The summed E-state index contributed by atoms with van der Waals surface area (Å²) in [5.41, 5.74) is -0.619. The highest BCUT2D eigenvalue weighted by molar-refractivity contribution is 9.10. The summed E-state index contributed by atoms with van der Waals surface area (Å²) in [5, 5.41) is 14.6. The smallest absolute Gasteiger partial charge is 0.311 e.